The molecular formula is C62H120O17P2. The molecule has 0 bridgehead atoms. The number of aliphatic hydroxyl groups excluding tert-OH is 1. The highest BCUT2D eigenvalue weighted by molar-refractivity contribution is 7.47. The van der Waals surface area contributed by atoms with Gasteiger partial charge in [-0.3, -0.25) is 37.3 Å². The Kier molecular flexibility index (Phi) is 54.6. The topological polar surface area (TPSA) is 237 Å². The second kappa shape index (κ2) is 55.9. The lowest BCUT2D eigenvalue weighted by Gasteiger charge is -2.21. The molecule has 0 saturated heterocycles. The SMILES string of the molecule is CCCCCCCCCCCCCCCCCCC(=O)O[C@H](COC(=O)CCCCCCCCCCC(C)CC)COP(=O)(O)OC[C@@H](O)COP(=O)(O)OC[C@@H](COC(=O)CCCCCCC)OC(=O)CCCCCCCCCC. The molecule has 6 atom stereocenters. The molecule has 0 aromatic rings. The molecule has 0 aromatic carbocycles. The van der Waals surface area contributed by atoms with E-state index >= 15 is 0 Å². The Morgan fingerprint density at radius 1 is 0.346 bits per heavy atom. The molecule has 0 aliphatic rings. The lowest BCUT2D eigenvalue weighted by molar-refractivity contribution is -0.161. The van der Waals surface area contributed by atoms with Crippen LogP contribution in [-0.2, 0) is 65.4 Å². The summed E-state index contributed by atoms with van der Waals surface area (Å²) in [4.78, 5) is 71.8. The summed E-state index contributed by atoms with van der Waals surface area (Å²) in [5, 5.41) is 10.5. The van der Waals surface area contributed by atoms with Crippen LogP contribution in [0.2, 0.25) is 0 Å². The van der Waals surface area contributed by atoms with E-state index < -0.39 is 97.5 Å². The largest absolute Gasteiger partial charge is 0.472 e. The van der Waals surface area contributed by atoms with Gasteiger partial charge in [0.25, 0.3) is 0 Å². The minimum Gasteiger partial charge on any atom is -0.462 e. The highest BCUT2D eigenvalue weighted by atomic mass is 31.2. The molecule has 0 aliphatic heterocycles. The third-order valence-corrected chi connectivity index (χ3v) is 16.5. The van der Waals surface area contributed by atoms with Crippen molar-refractivity contribution in [2.75, 3.05) is 39.6 Å². The Labute approximate surface area is 492 Å². The van der Waals surface area contributed by atoms with Crippen LogP contribution >= 0.6 is 15.6 Å². The molecule has 0 aliphatic carbocycles. The van der Waals surface area contributed by atoms with Crippen molar-refractivity contribution in [1.82, 2.24) is 0 Å². The maximum absolute atomic E-state index is 13.0. The first-order valence-electron chi connectivity index (χ1n) is 32.7. The number of carbonyl (C=O) groups is 4. The van der Waals surface area contributed by atoms with Gasteiger partial charge in [0, 0.05) is 25.7 Å². The maximum Gasteiger partial charge on any atom is 0.472 e. The molecule has 17 nitrogen and oxygen atoms in total. The van der Waals surface area contributed by atoms with Crippen LogP contribution in [0.15, 0.2) is 0 Å². The number of esters is 4. The van der Waals surface area contributed by atoms with E-state index in [-0.39, 0.29) is 25.7 Å². The van der Waals surface area contributed by atoms with Crippen LogP contribution in [0.4, 0.5) is 0 Å². The monoisotopic (exact) mass is 1200 g/mol. The van der Waals surface area contributed by atoms with Gasteiger partial charge in [0.05, 0.1) is 26.4 Å². The molecule has 0 spiro atoms. The maximum atomic E-state index is 13.0. The second-order valence-electron chi connectivity index (χ2n) is 22.7. The van der Waals surface area contributed by atoms with Crippen LogP contribution in [0.1, 0.15) is 311 Å². The number of carbonyl (C=O) groups excluding carboxylic acids is 4. The molecule has 19 heteroatoms. The van der Waals surface area contributed by atoms with E-state index in [1.165, 1.54) is 122 Å². The Balaban J connectivity index is 5.16. The molecule has 3 N–H and O–H groups in total. The van der Waals surface area contributed by atoms with Crippen LogP contribution in [0.3, 0.4) is 0 Å². The van der Waals surface area contributed by atoms with Crippen LogP contribution in [0.25, 0.3) is 0 Å². The minimum atomic E-state index is -4.94. The first-order chi connectivity index (χ1) is 39.1. The zero-order valence-electron chi connectivity index (χ0n) is 51.9. The third kappa shape index (κ3) is 55.7. The van der Waals surface area contributed by atoms with Crippen LogP contribution in [0, 0.1) is 5.92 Å². The Morgan fingerprint density at radius 3 is 0.877 bits per heavy atom. The number of unbranched alkanes of at least 4 members (excludes halogenated alkanes) is 33. The van der Waals surface area contributed by atoms with E-state index in [0.717, 1.165) is 109 Å². The zero-order valence-corrected chi connectivity index (χ0v) is 53.7. The van der Waals surface area contributed by atoms with E-state index in [1.807, 2.05) is 0 Å². The van der Waals surface area contributed by atoms with Crippen molar-refractivity contribution in [2.45, 2.75) is 329 Å². The van der Waals surface area contributed by atoms with Gasteiger partial charge in [0.15, 0.2) is 12.2 Å². The van der Waals surface area contributed by atoms with Gasteiger partial charge in [-0.2, -0.15) is 0 Å². The van der Waals surface area contributed by atoms with Gasteiger partial charge < -0.3 is 33.8 Å². The summed E-state index contributed by atoms with van der Waals surface area (Å²) >= 11 is 0. The molecule has 0 radical (unpaired) electrons. The van der Waals surface area contributed by atoms with E-state index in [9.17, 15) is 43.2 Å². The Bertz CT molecular complexity index is 1590. The lowest BCUT2D eigenvalue weighted by Crippen LogP contribution is -2.30. The average Bonchev–Trinajstić information content (AvgIpc) is 3.44. The molecule has 0 heterocycles. The highest BCUT2D eigenvalue weighted by Crippen LogP contribution is 2.45. The summed E-state index contributed by atoms with van der Waals surface area (Å²) in [5.74, 6) is -1.37. The molecule has 81 heavy (non-hydrogen) atoms. The normalized spacial score (nSPS) is 14.6. The van der Waals surface area contributed by atoms with E-state index in [4.69, 9.17) is 37.0 Å². The molecule has 0 rings (SSSR count). The third-order valence-electron chi connectivity index (χ3n) is 14.6. The summed E-state index contributed by atoms with van der Waals surface area (Å²) in [5.41, 5.74) is 0. The smallest absolute Gasteiger partial charge is 0.462 e. The average molecular weight is 1200 g/mol. The summed E-state index contributed by atoms with van der Waals surface area (Å²) in [6.07, 6.45) is 39.3. The number of phosphoric ester groups is 2. The zero-order chi connectivity index (χ0) is 59.9. The first kappa shape index (κ1) is 79.1. The fourth-order valence-electron chi connectivity index (χ4n) is 9.20. The van der Waals surface area contributed by atoms with Crippen LogP contribution in [0.5, 0.6) is 0 Å². The molecular weight excluding hydrogens is 1080 g/mol. The van der Waals surface area contributed by atoms with Gasteiger partial charge in [-0.25, -0.2) is 9.13 Å². The summed E-state index contributed by atoms with van der Waals surface area (Å²) < 4.78 is 67.7. The fraction of sp³-hybridized carbons (Fsp3) is 0.935. The predicted octanol–water partition coefficient (Wildman–Crippen LogP) is 17.0. The molecule has 0 fully saturated rings. The minimum absolute atomic E-state index is 0.104. The first-order valence-corrected chi connectivity index (χ1v) is 35.7. The number of hydrogen-bond donors (Lipinski definition) is 3. The van der Waals surface area contributed by atoms with Crippen molar-refractivity contribution in [2.24, 2.45) is 5.92 Å². The van der Waals surface area contributed by atoms with Gasteiger partial charge in [-0.1, -0.05) is 259 Å². The van der Waals surface area contributed by atoms with E-state index in [0.29, 0.717) is 25.7 Å². The molecule has 3 unspecified atom stereocenters. The van der Waals surface area contributed by atoms with Gasteiger partial charge in [0.1, 0.15) is 19.3 Å². The van der Waals surface area contributed by atoms with Gasteiger partial charge in [-0.15, -0.1) is 0 Å². The molecule has 0 aromatic heterocycles. The Morgan fingerprint density at radius 2 is 0.593 bits per heavy atom. The van der Waals surface area contributed by atoms with Crippen molar-refractivity contribution in [3.8, 4) is 0 Å². The Hall–Kier alpha value is -1.94. The molecule has 0 saturated carbocycles. The quantitative estimate of drug-likeness (QED) is 0.0222. The van der Waals surface area contributed by atoms with E-state index in [2.05, 4.69) is 34.6 Å². The van der Waals surface area contributed by atoms with Crippen molar-refractivity contribution < 1.29 is 80.2 Å². The van der Waals surface area contributed by atoms with Gasteiger partial charge in [-0.05, 0) is 31.6 Å². The summed E-state index contributed by atoms with van der Waals surface area (Å²) in [6, 6.07) is 0. The van der Waals surface area contributed by atoms with Crippen molar-refractivity contribution >= 4 is 39.5 Å². The molecule has 0 amide bonds. The van der Waals surface area contributed by atoms with Crippen molar-refractivity contribution in [3.05, 3.63) is 0 Å². The number of hydrogen-bond acceptors (Lipinski definition) is 15. The number of aliphatic hydroxyl groups is 1. The van der Waals surface area contributed by atoms with Gasteiger partial charge in [0.2, 0.25) is 0 Å². The standard InChI is InChI=1S/C62H120O17P2/c1-6-10-13-16-18-20-21-22-23-24-25-26-27-33-38-43-48-62(67)79-58(52-73-60(65)46-41-36-32-29-28-30-35-39-44-55(5)9-4)54-77-81(70,71)75-50-56(63)49-74-80(68,69)76-53-57(51-72-59(64)45-40-34-15-12-8-3)78-61(66)47-42-37-31-19-17-14-11-7-2/h55-58,63H,6-54H2,1-5H3,(H,68,69)(H,70,71)/t55?,56-,57+,58+/m0/s1. The number of phosphoric acid groups is 2. The predicted molar refractivity (Wildman–Crippen MR) is 322 cm³/mol. The summed E-state index contributed by atoms with van der Waals surface area (Å²) in [6.45, 7) is 7.07. The summed E-state index contributed by atoms with van der Waals surface area (Å²) in [7, 11) is -9.87. The van der Waals surface area contributed by atoms with Crippen molar-refractivity contribution in [1.29, 1.82) is 0 Å². The number of ether oxygens (including phenoxy) is 4. The molecule has 480 valence electrons. The second-order valence-corrected chi connectivity index (χ2v) is 25.6. The fourth-order valence-corrected chi connectivity index (χ4v) is 10.8. The van der Waals surface area contributed by atoms with Crippen molar-refractivity contribution in [3.63, 3.8) is 0 Å². The van der Waals surface area contributed by atoms with Crippen LogP contribution in [-0.4, -0.2) is 96.7 Å². The highest BCUT2D eigenvalue weighted by Gasteiger charge is 2.30. The number of rotatable bonds is 62. The van der Waals surface area contributed by atoms with Crippen LogP contribution < -0.4 is 0 Å². The van der Waals surface area contributed by atoms with Gasteiger partial charge >= 0.3 is 39.5 Å². The van der Waals surface area contributed by atoms with E-state index in [1.54, 1.807) is 0 Å². The lowest BCUT2D eigenvalue weighted by atomic mass is 9.99.